The van der Waals surface area contributed by atoms with Crippen LogP contribution in [0.3, 0.4) is 0 Å². The first-order valence-corrected chi connectivity index (χ1v) is 14.3. The van der Waals surface area contributed by atoms with Crippen LogP contribution in [0.25, 0.3) is 0 Å². The molecule has 0 saturated carbocycles. The molecule has 0 radical (unpaired) electrons. The lowest BCUT2D eigenvalue weighted by atomic mass is 10.1. The first kappa shape index (κ1) is 29.7. The topological polar surface area (TPSA) is 124 Å². The van der Waals surface area contributed by atoms with Crippen LogP contribution in [0.4, 0.5) is 5.69 Å². The molecule has 0 N–H and O–H groups in total. The number of Topliss-reactive ketones (excluding diaryl/α,β-unsaturated/α-hetero) is 2. The third kappa shape index (κ3) is 6.52. The second-order valence-electron chi connectivity index (χ2n) is 9.27. The maximum absolute atomic E-state index is 13.2. The molecule has 0 unspecified atom stereocenters. The Morgan fingerprint density at radius 3 is 1.47 bits per heavy atom. The maximum atomic E-state index is 13.2. The molecule has 1 aliphatic rings. The van der Waals surface area contributed by atoms with Crippen LogP contribution in [0.5, 0.6) is 0 Å². The fraction of sp³-hybridized carbons (Fsp3) is 0.0625. The predicted octanol–water partition coefficient (Wildman–Crippen LogP) is 6.09. The molecule has 1 aliphatic heterocycles. The van der Waals surface area contributed by atoms with Gasteiger partial charge in [-0.25, -0.2) is 14.5 Å². The molecular weight excluding hydrogens is 686 g/mol. The van der Waals surface area contributed by atoms with Crippen LogP contribution >= 0.6 is 31.9 Å². The number of fused-ring (bicyclic) bond motifs is 1. The number of rotatable bonds is 9. The Bertz CT molecular complexity index is 1780. The van der Waals surface area contributed by atoms with Crippen molar-refractivity contribution in [3.05, 3.63) is 133 Å². The van der Waals surface area contributed by atoms with Gasteiger partial charge in [-0.15, -0.1) is 0 Å². The zero-order chi connectivity index (χ0) is 30.7. The first-order chi connectivity index (χ1) is 20.6. The van der Waals surface area contributed by atoms with Crippen LogP contribution < -0.4 is 4.90 Å². The van der Waals surface area contributed by atoms with E-state index in [9.17, 15) is 28.8 Å². The van der Waals surface area contributed by atoms with Crippen molar-refractivity contribution >= 4 is 72.9 Å². The van der Waals surface area contributed by atoms with E-state index in [4.69, 9.17) is 9.47 Å². The second kappa shape index (κ2) is 12.6. The van der Waals surface area contributed by atoms with Gasteiger partial charge in [0.05, 0.1) is 27.9 Å². The minimum absolute atomic E-state index is 0.00105. The van der Waals surface area contributed by atoms with Crippen molar-refractivity contribution in [1.29, 1.82) is 0 Å². The summed E-state index contributed by atoms with van der Waals surface area (Å²) in [7, 11) is 0. The number of ether oxygens (including phenoxy) is 2. The van der Waals surface area contributed by atoms with E-state index in [1.807, 2.05) is 0 Å². The molecule has 43 heavy (non-hydrogen) atoms. The highest BCUT2D eigenvalue weighted by Gasteiger charge is 2.37. The van der Waals surface area contributed by atoms with Crippen LogP contribution in [-0.4, -0.2) is 48.5 Å². The first-order valence-electron chi connectivity index (χ1n) is 12.7. The van der Waals surface area contributed by atoms with Gasteiger partial charge in [-0.05, 0) is 66.7 Å². The van der Waals surface area contributed by atoms with E-state index >= 15 is 0 Å². The molecule has 0 spiro atoms. The summed E-state index contributed by atoms with van der Waals surface area (Å²) >= 11 is 6.57. The summed E-state index contributed by atoms with van der Waals surface area (Å²) in [5.74, 6) is -3.63. The van der Waals surface area contributed by atoms with Crippen LogP contribution in [0.2, 0.25) is 0 Å². The minimum atomic E-state index is -0.826. The number of carbonyl (C=O) groups is 6. The van der Waals surface area contributed by atoms with Gasteiger partial charge in [0.15, 0.2) is 24.8 Å². The molecule has 4 aromatic rings. The number of amides is 2. The van der Waals surface area contributed by atoms with Crippen molar-refractivity contribution in [1.82, 2.24) is 0 Å². The third-order valence-electron chi connectivity index (χ3n) is 6.48. The lowest BCUT2D eigenvalue weighted by Gasteiger charge is -2.14. The number of imide groups is 1. The largest absolute Gasteiger partial charge is 0.454 e. The Labute approximate surface area is 261 Å². The molecular formula is C32H19Br2NO8. The average Bonchev–Trinajstić information content (AvgIpc) is 3.27. The van der Waals surface area contributed by atoms with Gasteiger partial charge in [-0.1, -0.05) is 56.1 Å². The summed E-state index contributed by atoms with van der Waals surface area (Å²) < 4.78 is 11.9. The Balaban J connectivity index is 1.22. The second-order valence-corrected chi connectivity index (χ2v) is 11.1. The van der Waals surface area contributed by atoms with Crippen LogP contribution in [0.1, 0.15) is 62.1 Å². The quantitative estimate of drug-likeness (QED) is 0.117. The zero-order valence-corrected chi connectivity index (χ0v) is 25.2. The fourth-order valence-electron chi connectivity index (χ4n) is 4.22. The highest BCUT2D eigenvalue weighted by atomic mass is 79.9. The van der Waals surface area contributed by atoms with Gasteiger partial charge in [-0.3, -0.25) is 19.2 Å². The number of benzene rings is 4. The van der Waals surface area contributed by atoms with E-state index in [0.29, 0.717) is 11.1 Å². The molecule has 9 nitrogen and oxygen atoms in total. The van der Waals surface area contributed by atoms with Gasteiger partial charge >= 0.3 is 11.9 Å². The molecule has 0 atom stereocenters. The van der Waals surface area contributed by atoms with Gasteiger partial charge in [-0.2, -0.15) is 0 Å². The van der Waals surface area contributed by atoms with Gasteiger partial charge in [0, 0.05) is 20.1 Å². The molecule has 0 saturated heterocycles. The van der Waals surface area contributed by atoms with Crippen LogP contribution in [0.15, 0.2) is 99.9 Å². The SMILES string of the molecule is O=C(COC(=O)c1ccc(N2C(=O)c3ccc(C(=O)OCC(=O)c4ccc(Br)cc4)cc3C2=O)cc1)c1ccc(Br)cc1. The number of esters is 2. The monoisotopic (exact) mass is 703 g/mol. The van der Waals surface area contributed by atoms with Crippen molar-refractivity contribution in [2.24, 2.45) is 0 Å². The summed E-state index contributed by atoms with van der Waals surface area (Å²) in [5, 5.41) is 0. The summed E-state index contributed by atoms with van der Waals surface area (Å²) in [6.45, 7) is -0.951. The van der Waals surface area contributed by atoms with E-state index in [1.54, 1.807) is 48.5 Å². The summed E-state index contributed by atoms with van der Waals surface area (Å²) in [5.41, 5.74) is 1.15. The Kier molecular flexibility index (Phi) is 8.74. The van der Waals surface area contributed by atoms with Crippen molar-refractivity contribution < 1.29 is 38.2 Å². The van der Waals surface area contributed by atoms with Crippen LogP contribution in [-0.2, 0) is 9.47 Å². The highest BCUT2D eigenvalue weighted by molar-refractivity contribution is 9.10. The van der Waals surface area contributed by atoms with Gasteiger partial charge in [0.1, 0.15) is 0 Å². The molecule has 0 fully saturated rings. The van der Waals surface area contributed by atoms with E-state index in [0.717, 1.165) is 13.8 Å². The molecule has 5 rings (SSSR count). The van der Waals surface area contributed by atoms with E-state index < -0.39 is 42.7 Å². The van der Waals surface area contributed by atoms with E-state index in [2.05, 4.69) is 31.9 Å². The normalized spacial score (nSPS) is 12.1. The minimum Gasteiger partial charge on any atom is -0.454 e. The summed E-state index contributed by atoms with van der Waals surface area (Å²) in [6, 6.07) is 22.7. The number of anilines is 1. The lowest BCUT2D eigenvalue weighted by molar-refractivity contribution is 0.0472. The standard InChI is InChI=1S/C32H19Br2NO8/c33-22-8-1-18(2-9-22)27(36)16-42-31(40)20-5-12-24(13-6-20)35-29(38)25-14-7-21(15-26(25)30(35)39)32(41)43-17-28(37)19-3-10-23(34)11-4-19/h1-15H,16-17H2. The van der Waals surface area contributed by atoms with E-state index in [-0.39, 0.29) is 33.7 Å². The molecule has 4 aromatic carbocycles. The van der Waals surface area contributed by atoms with Crippen molar-refractivity contribution in [2.75, 3.05) is 18.1 Å². The number of halogens is 2. The van der Waals surface area contributed by atoms with Gasteiger partial charge in [0.2, 0.25) is 0 Å². The Morgan fingerprint density at radius 2 is 0.953 bits per heavy atom. The molecule has 2 amide bonds. The number of ketones is 2. The number of nitrogens with zero attached hydrogens (tertiary/aromatic N) is 1. The number of carbonyl (C=O) groups excluding carboxylic acids is 6. The summed E-state index contributed by atoms with van der Waals surface area (Å²) in [6.07, 6.45) is 0. The smallest absolute Gasteiger partial charge is 0.338 e. The average molecular weight is 705 g/mol. The predicted molar refractivity (Wildman–Crippen MR) is 162 cm³/mol. The highest BCUT2D eigenvalue weighted by Crippen LogP contribution is 2.29. The number of hydrogen-bond donors (Lipinski definition) is 0. The van der Waals surface area contributed by atoms with Gasteiger partial charge in [0.25, 0.3) is 11.8 Å². The molecule has 0 bridgehead atoms. The summed E-state index contributed by atoms with van der Waals surface area (Å²) in [4.78, 5) is 76.8. The van der Waals surface area contributed by atoms with Crippen molar-refractivity contribution in [2.45, 2.75) is 0 Å². The molecule has 11 heteroatoms. The third-order valence-corrected chi connectivity index (χ3v) is 7.54. The number of hydrogen-bond acceptors (Lipinski definition) is 8. The Hall–Kier alpha value is -4.74. The molecule has 1 heterocycles. The maximum Gasteiger partial charge on any atom is 0.338 e. The van der Waals surface area contributed by atoms with Crippen molar-refractivity contribution in [3.8, 4) is 0 Å². The Morgan fingerprint density at radius 1 is 0.535 bits per heavy atom. The van der Waals surface area contributed by atoms with E-state index in [1.165, 1.54) is 42.5 Å². The van der Waals surface area contributed by atoms with Crippen molar-refractivity contribution in [3.63, 3.8) is 0 Å². The van der Waals surface area contributed by atoms with Gasteiger partial charge < -0.3 is 9.47 Å². The lowest BCUT2D eigenvalue weighted by Crippen LogP contribution is -2.29. The molecule has 0 aliphatic carbocycles. The fourth-order valence-corrected chi connectivity index (χ4v) is 4.74. The van der Waals surface area contributed by atoms with Crippen LogP contribution in [0, 0.1) is 0 Å². The zero-order valence-electron chi connectivity index (χ0n) is 22.0. The molecule has 214 valence electrons. The molecule has 0 aromatic heterocycles.